The summed E-state index contributed by atoms with van der Waals surface area (Å²) in [6.45, 7) is 5.61. The Morgan fingerprint density at radius 1 is 1.08 bits per heavy atom. The topological polar surface area (TPSA) is 199 Å². The number of ether oxygens (including phenoxy) is 2. The highest BCUT2D eigenvalue weighted by Gasteiger charge is 2.25. The third-order valence-electron chi connectivity index (χ3n) is 4.86. The summed E-state index contributed by atoms with van der Waals surface area (Å²) in [6.07, 6.45) is 1.54. The molecule has 2 aromatic carbocycles. The van der Waals surface area contributed by atoms with Crippen LogP contribution in [-0.2, 0) is 4.79 Å². The first-order valence-corrected chi connectivity index (χ1v) is 11.4. The van der Waals surface area contributed by atoms with E-state index in [2.05, 4.69) is 15.8 Å². The third kappa shape index (κ3) is 8.55. The van der Waals surface area contributed by atoms with Gasteiger partial charge in [0.15, 0.2) is 18.1 Å². The molecule has 0 saturated heterocycles. The van der Waals surface area contributed by atoms with Gasteiger partial charge in [-0.15, -0.1) is 0 Å². The Morgan fingerprint density at radius 2 is 1.74 bits per heavy atom. The molecule has 0 spiro atoms. The van der Waals surface area contributed by atoms with Crippen molar-refractivity contribution in [3.8, 4) is 17.6 Å². The number of carbonyl (C=O) groups is 2. The smallest absolute Gasteiger partial charge is 0.277 e. The van der Waals surface area contributed by atoms with Gasteiger partial charge in [-0.2, -0.15) is 10.4 Å². The summed E-state index contributed by atoms with van der Waals surface area (Å²) in [4.78, 5) is 46.1. The molecule has 0 aromatic heterocycles. The molecule has 2 amide bonds. The van der Waals surface area contributed by atoms with E-state index >= 15 is 0 Å². The van der Waals surface area contributed by atoms with Gasteiger partial charge < -0.3 is 14.8 Å². The lowest BCUT2D eigenvalue weighted by Crippen LogP contribution is -2.46. The number of benzene rings is 2. The monoisotopic (exact) mass is 526 g/mol. The van der Waals surface area contributed by atoms with Crippen LogP contribution in [0.5, 0.6) is 11.5 Å². The third-order valence-corrected chi connectivity index (χ3v) is 4.86. The van der Waals surface area contributed by atoms with Crippen molar-refractivity contribution in [2.75, 3.05) is 13.2 Å². The zero-order chi connectivity index (χ0) is 28.2. The lowest BCUT2D eigenvalue weighted by Gasteiger charge is -2.19. The van der Waals surface area contributed by atoms with E-state index in [0.29, 0.717) is 23.7 Å². The predicted octanol–water partition coefficient (Wildman–Crippen LogP) is 3.10. The molecule has 0 saturated carbocycles. The van der Waals surface area contributed by atoms with Crippen LogP contribution in [0.2, 0.25) is 0 Å². The first kappa shape index (κ1) is 29.2. The van der Waals surface area contributed by atoms with Crippen LogP contribution >= 0.6 is 0 Å². The molecule has 14 nitrogen and oxygen atoms in total. The van der Waals surface area contributed by atoms with Crippen LogP contribution in [0.4, 0.5) is 11.4 Å². The summed E-state index contributed by atoms with van der Waals surface area (Å²) in [6, 6.07) is 8.14. The van der Waals surface area contributed by atoms with Crippen LogP contribution in [0, 0.1) is 37.5 Å². The highest BCUT2D eigenvalue weighted by Crippen LogP contribution is 2.28. The van der Waals surface area contributed by atoms with Gasteiger partial charge in [0.1, 0.15) is 12.1 Å². The fraction of sp³-hybridized carbons (Fsp3) is 0.333. The number of nitrogens with zero attached hydrogens (tertiary/aromatic N) is 4. The average Bonchev–Trinajstić information content (AvgIpc) is 2.87. The number of nitriles is 1. The molecule has 200 valence electrons. The number of nitrogens with one attached hydrogen (secondary N) is 2. The van der Waals surface area contributed by atoms with Crippen molar-refractivity contribution in [2.24, 2.45) is 11.0 Å². The molecular weight excluding hydrogens is 500 g/mol. The molecule has 2 N–H and O–H groups in total. The van der Waals surface area contributed by atoms with Crippen molar-refractivity contribution in [3.05, 3.63) is 67.8 Å². The van der Waals surface area contributed by atoms with Gasteiger partial charge in [0.2, 0.25) is 0 Å². The maximum absolute atomic E-state index is 12.8. The number of hydrogen-bond acceptors (Lipinski definition) is 10. The second kappa shape index (κ2) is 13.9. The van der Waals surface area contributed by atoms with Gasteiger partial charge in [-0.05, 0) is 43.0 Å². The van der Waals surface area contributed by atoms with Gasteiger partial charge in [0, 0.05) is 12.1 Å². The fourth-order valence-electron chi connectivity index (χ4n) is 3.23. The van der Waals surface area contributed by atoms with E-state index in [1.54, 1.807) is 25.1 Å². The summed E-state index contributed by atoms with van der Waals surface area (Å²) in [5, 5.41) is 37.3. The largest absolute Gasteiger partial charge is 0.490 e. The van der Waals surface area contributed by atoms with Crippen LogP contribution < -0.4 is 20.2 Å². The molecule has 0 fully saturated rings. The van der Waals surface area contributed by atoms with E-state index in [-0.39, 0.29) is 24.5 Å². The SMILES string of the molecule is CCOc1cc(/C=N\NC(=O)[C@H](CC(C)C)NC(=O)c2cc([N+](=O)[O-])cc([N+](=O)[O-])c2)ccc1OCC#N. The minimum absolute atomic E-state index is 0.0378. The number of hydrazone groups is 1. The molecular formula is C24H26N6O8. The Bertz CT molecular complexity index is 1240. The van der Waals surface area contributed by atoms with Crippen LogP contribution in [0.3, 0.4) is 0 Å². The van der Waals surface area contributed by atoms with E-state index in [0.717, 1.165) is 18.2 Å². The Morgan fingerprint density at radius 3 is 2.29 bits per heavy atom. The number of non-ortho nitro benzene ring substituents is 2. The highest BCUT2D eigenvalue weighted by molar-refractivity contribution is 5.98. The molecule has 14 heteroatoms. The lowest BCUT2D eigenvalue weighted by atomic mass is 10.0. The zero-order valence-corrected chi connectivity index (χ0v) is 20.9. The summed E-state index contributed by atoms with van der Waals surface area (Å²) in [5.41, 5.74) is 1.29. The molecule has 1 atom stereocenters. The Labute approximate surface area is 217 Å². The second-order valence-corrected chi connectivity index (χ2v) is 8.23. The molecule has 0 radical (unpaired) electrons. The average molecular weight is 527 g/mol. The van der Waals surface area contributed by atoms with Crippen molar-refractivity contribution < 1.29 is 28.9 Å². The van der Waals surface area contributed by atoms with Gasteiger partial charge >= 0.3 is 0 Å². The van der Waals surface area contributed by atoms with E-state index in [9.17, 15) is 29.8 Å². The maximum Gasteiger partial charge on any atom is 0.277 e. The van der Waals surface area contributed by atoms with Crippen LogP contribution in [0.15, 0.2) is 41.5 Å². The zero-order valence-electron chi connectivity index (χ0n) is 20.9. The van der Waals surface area contributed by atoms with Crippen molar-refractivity contribution in [1.29, 1.82) is 5.26 Å². The van der Waals surface area contributed by atoms with Crippen molar-refractivity contribution in [2.45, 2.75) is 33.2 Å². The summed E-state index contributed by atoms with van der Waals surface area (Å²) >= 11 is 0. The molecule has 0 aliphatic rings. The van der Waals surface area contributed by atoms with Crippen molar-refractivity contribution >= 4 is 29.4 Å². The van der Waals surface area contributed by atoms with E-state index in [1.807, 2.05) is 19.9 Å². The fourth-order valence-corrected chi connectivity index (χ4v) is 3.23. The summed E-state index contributed by atoms with van der Waals surface area (Å²) in [7, 11) is 0. The van der Waals surface area contributed by atoms with Gasteiger partial charge in [-0.1, -0.05) is 13.8 Å². The first-order chi connectivity index (χ1) is 18.0. The predicted molar refractivity (Wildman–Crippen MR) is 135 cm³/mol. The van der Waals surface area contributed by atoms with Crippen molar-refractivity contribution in [3.63, 3.8) is 0 Å². The van der Waals surface area contributed by atoms with Gasteiger partial charge in [0.25, 0.3) is 23.2 Å². The van der Waals surface area contributed by atoms with E-state index < -0.39 is 39.1 Å². The minimum atomic E-state index is -1.08. The Kier molecular flexibility index (Phi) is 10.7. The molecule has 2 aromatic rings. The summed E-state index contributed by atoms with van der Waals surface area (Å²) < 4.78 is 10.8. The van der Waals surface area contributed by atoms with Crippen molar-refractivity contribution in [1.82, 2.24) is 10.7 Å². The molecule has 0 heterocycles. The molecule has 0 aliphatic heterocycles. The van der Waals surface area contributed by atoms with Gasteiger partial charge in [-0.25, -0.2) is 5.43 Å². The molecule has 0 bridgehead atoms. The normalized spacial score (nSPS) is 11.4. The number of hydrogen-bond donors (Lipinski definition) is 2. The maximum atomic E-state index is 12.8. The van der Waals surface area contributed by atoms with E-state index in [4.69, 9.17) is 14.7 Å². The lowest BCUT2D eigenvalue weighted by molar-refractivity contribution is -0.394. The molecule has 38 heavy (non-hydrogen) atoms. The number of rotatable bonds is 13. The molecule has 0 aliphatic carbocycles. The number of nitro groups is 2. The Hall–Kier alpha value is -5.06. The standard InChI is InChI=1S/C24H26N6O8/c1-4-37-22-10-16(5-6-21(22)38-8-7-25)14-26-28-24(32)20(9-15(2)3)27-23(31)17-11-18(29(33)34)13-19(12-17)30(35)36/h5-6,10-15,20H,4,8-9H2,1-3H3,(H,27,31)(H,28,32)/b26-14-/t20-/m0/s1. The van der Waals surface area contributed by atoms with Gasteiger partial charge in [-0.3, -0.25) is 29.8 Å². The highest BCUT2D eigenvalue weighted by atomic mass is 16.6. The second-order valence-electron chi connectivity index (χ2n) is 8.23. The molecule has 2 rings (SSSR count). The molecule has 0 unspecified atom stereocenters. The Balaban J connectivity index is 2.18. The van der Waals surface area contributed by atoms with Crippen LogP contribution in [0.25, 0.3) is 0 Å². The first-order valence-electron chi connectivity index (χ1n) is 11.4. The quantitative estimate of drug-likeness (QED) is 0.223. The van der Waals surface area contributed by atoms with Crippen LogP contribution in [-0.4, -0.2) is 47.1 Å². The summed E-state index contributed by atoms with van der Waals surface area (Å²) in [5.74, 6) is -0.841. The number of carbonyl (C=O) groups excluding carboxylic acids is 2. The minimum Gasteiger partial charge on any atom is -0.490 e. The van der Waals surface area contributed by atoms with Gasteiger partial charge in [0.05, 0.1) is 34.3 Å². The number of amides is 2. The number of nitro benzene ring substituents is 2. The van der Waals surface area contributed by atoms with Crippen LogP contribution in [0.1, 0.15) is 43.1 Å². The van der Waals surface area contributed by atoms with E-state index in [1.165, 1.54) is 6.21 Å².